The molecule has 16 heavy (non-hydrogen) atoms. The van der Waals surface area contributed by atoms with Crippen molar-refractivity contribution in [3.05, 3.63) is 21.9 Å². The van der Waals surface area contributed by atoms with Gasteiger partial charge in [0.2, 0.25) is 0 Å². The molecule has 2 atom stereocenters. The van der Waals surface area contributed by atoms with Crippen molar-refractivity contribution in [3.8, 4) is 0 Å². The first-order valence-corrected chi connectivity index (χ1v) is 6.51. The van der Waals surface area contributed by atoms with Gasteiger partial charge in [-0.15, -0.1) is 11.3 Å². The second-order valence-corrected chi connectivity index (χ2v) is 5.02. The maximum Gasteiger partial charge on any atom is 0.180 e. The lowest BCUT2D eigenvalue weighted by Gasteiger charge is -2.16. The molecule has 3 nitrogen and oxygen atoms in total. The van der Waals surface area contributed by atoms with Crippen molar-refractivity contribution in [1.82, 2.24) is 5.32 Å². The molecule has 1 aliphatic rings. The van der Waals surface area contributed by atoms with Crippen LogP contribution in [0.25, 0.3) is 0 Å². The van der Waals surface area contributed by atoms with Crippen LogP contribution in [0.3, 0.4) is 0 Å². The average molecular weight is 239 g/mol. The summed E-state index contributed by atoms with van der Waals surface area (Å²) in [6, 6.07) is 2.18. The summed E-state index contributed by atoms with van der Waals surface area (Å²) >= 11 is 1.53. The molecule has 1 aliphatic heterocycles. The van der Waals surface area contributed by atoms with Crippen LogP contribution in [0.1, 0.15) is 22.2 Å². The van der Waals surface area contributed by atoms with E-state index in [-0.39, 0.29) is 17.7 Å². The minimum absolute atomic E-state index is 0.0164. The van der Waals surface area contributed by atoms with E-state index in [0.717, 1.165) is 17.0 Å². The van der Waals surface area contributed by atoms with Gasteiger partial charge < -0.3 is 10.1 Å². The molecule has 0 radical (unpaired) electrons. The van der Waals surface area contributed by atoms with Crippen LogP contribution < -0.4 is 5.32 Å². The zero-order valence-corrected chi connectivity index (χ0v) is 10.5. The topological polar surface area (TPSA) is 38.3 Å². The third kappa shape index (κ3) is 2.19. The SMILES string of the molecule is CCNC1COCC1C(=O)c1sccc1C. The molecule has 0 amide bonds. The molecule has 1 aromatic rings. The Labute approximate surface area is 99.8 Å². The summed E-state index contributed by atoms with van der Waals surface area (Å²) in [6.45, 7) is 6.11. The lowest BCUT2D eigenvalue weighted by Crippen LogP contribution is -2.39. The van der Waals surface area contributed by atoms with E-state index in [4.69, 9.17) is 4.74 Å². The zero-order chi connectivity index (χ0) is 11.5. The van der Waals surface area contributed by atoms with E-state index >= 15 is 0 Å². The van der Waals surface area contributed by atoms with Crippen molar-refractivity contribution < 1.29 is 9.53 Å². The molecule has 0 aliphatic carbocycles. The van der Waals surface area contributed by atoms with Gasteiger partial charge in [0.15, 0.2) is 5.78 Å². The fourth-order valence-corrected chi connectivity index (χ4v) is 3.00. The van der Waals surface area contributed by atoms with Gasteiger partial charge in [0.1, 0.15) is 0 Å². The van der Waals surface area contributed by atoms with Crippen LogP contribution in [0.15, 0.2) is 11.4 Å². The van der Waals surface area contributed by atoms with Crippen LogP contribution in [0.5, 0.6) is 0 Å². The number of ether oxygens (including phenoxy) is 1. The highest BCUT2D eigenvalue weighted by atomic mass is 32.1. The van der Waals surface area contributed by atoms with Gasteiger partial charge in [0.05, 0.1) is 24.0 Å². The number of rotatable bonds is 4. The number of Topliss-reactive ketones (excluding diaryl/α,β-unsaturated/α-hetero) is 1. The summed E-state index contributed by atoms with van der Waals surface area (Å²) < 4.78 is 5.40. The van der Waals surface area contributed by atoms with E-state index in [1.807, 2.05) is 18.4 Å². The third-order valence-corrected chi connectivity index (χ3v) is 4.00. The lowest BCUT2D eigenvalue weighted by molar-refractivity contribution is 0.0895. The third-order valence-electron chi connectivity index (χ3n) is 2.97. The average Bonchev–Trinajstić information content (AvgIpc) is 2.87. The monoisotopic (exact) mass is 239 g/mol. The molecule has 1 saturated heterocycles. The van der Waals surface area contributed by atoms with Crippen molar-refractivity contribution in [1.29, 1.82) is 0 Å². The number of carbonyl (C=O) groups is 1. The Morgan fingerprint density at radius 3 is 3.06 bits per heavy atom. The maximum absolute atomic E-state index is 12.3. The van der Waals surface area contributed by atoms with Crippen LogP contribution in [0.2, 0.25) is 0 Å². The molecule has 0 aromatic carbocycles. The fourth-order valence-electron chi connectivity index (χ4n) is 2.07. The second-order valence-electron chi connectivity index (χ2n) is 4.11. The van der Waals surface area contributed by atoms with Gasteiger partial charge in [-0.05, 0) is 30.5 Å². The predicted octanol–water partition coefficient (Wildman–Crippen LogP) is 1.86. The first-order valence-electron chi connectivity index (χ1n) is 5.63. The number of carbonyl (C=O) groups excluding carboxylic acids is 1. The quantitative estimate of drug-likeness (QED) is 0.815. The van der Waals surface area contributed by atoms with Gasteiger partial charge in [0, 0.05) is 6.04 Å². The van der Waals surface area contributed by atoms with E-state index in [1.54, 1.807) is 0 Å². The molecule has 2 unspecified atom stereocenters. The Kier molecular flexibility index (Phi) is 3.74. The highest BCUT2D eigenvalue weighted by Crippen LogP contribution is 2.24. The smallest absolute Gasteiger partial charge is 0.180 e. The number of thiophene rings is 1. The van der Waals surface area contributed by atoms with Crippen LogP contribution in [-0.4, -0.2) is 31.6 Å². The van der Waals surface area contributed by atoms with E-state index in [1.165, 1.54) is 11.3 Å². The Bertz CT molecular complexity index is 375. The summed E-state index contributed by atoms with van der Waals surface area (Å²) in [5.41, 5.74) is 1.08. The highest BCUT2D eigenvalue weighted by molar-refractivity contribution is 7.12. The van der Waals surface area contributed by atoms with Crippen molar-refractivity contribution >= 4 is 17.1 Å². The van der Waals surface area contributed by atoms with Crippen molar-refractivity contribution in [2.45, 2.75) is 19.9 Å². The first kappa shape index (κ1) is 11.8. The molecule has 4 heteroatoms. The Balaban J connectivity index is 2.12. The van der Waals surface area contributed by atoms with Gasteiger partial charge in [-0.2, -0.15) is 0 Å². The van der Waals surface area contributed by atoms with Crippen LogP contribution in [0.4, 0.5) is 0 Å². The molecule has 1 fully saturated rings. The lowest BCUT2D eigenvalue weighted by atomic mass is 9.96. The van der Waals surface area contributed by atoms with Gasteiger partial charge >= 0.3 is 0 Å². The molecule has 0 saturated carbocycles. The van der Waals surface area contributed by atoms with Crippen LogP contribution in [-0.2, 0) is 4.74 Å². The number of aryl methyl sites for hydroxylation is 1. The number of likely N-dealkylation sites (N-methyl/N-ethyl adjacent to an activating group) is 1. The molecule has 1 aromatic heterocycles. The Morgan fingerprint density at radius 1 is 1.62 bits per heavy atom. The molecule has 88 valence electrons. The van der Waals surface area contributed by atoms with Gasteiger partial charge in [0.25, 0.3) is 0 Å². The predicted molar refractivity (Wildman–Crippen MR) is 65.2 cm³/mol. The van der Waals surface area contributed by atoms with Gasteiger partial charge in [-0.1, -0.05) is 6.92 Å². The first-order chi connectivity index (χ1) is 7.74. The number of nitrogens with one attached hydrogen (secondary N) is 1. The molecule has 2 rings (SSSR count). The Morgan fingerprint density at radius 2 is 2.44 bits per heavy atom. The summed E-state index contributed by atoms with van der Waals surface area (Å²) in [5.74, 6) is 0.216. The zero-order valence-electron chi connectivity index (χ0n) is 9.66. The summed E-state index contributed by atoms with van der Waals surface area (Å²) in [6.07, 6.45) is 0. The molecule has 2 heterocycles. The van der Waals surface area contributed by atoms with E-state index < -0.39 is 0 Å². The van der Waals surface area contributed by atoms with Crippen molar-refractivity contribution in [3.63, 3.8) is 0 Å². The molecular weight excluding hydrogens is 222 g/mol. The van der Waals surface area contributed by atoms with Crippen LogP contribution >= 0.6 is 11.3 Å². The largest absolute Gasteiger partial charge is 0.379 e. The minimum atomic E-state index is -0.0164. The second kappa shape index (κ2) is 5.08. The standard InChI is InChI=1S/C12H17NO2S/c1-3-13-10-7-15-6-9(10)11(14)12-8(2)4-5-16-12/h4-5,9-10,13H,3,6-7H2,1-2H3. The molecule has 0 bridgehead atoms. The highest BCUT2D eigenvalue weighted by Gasteiger charge is 2.34. The van der Waals surface area contributed by atoms with Crippen molar-refractivity contribution in [2.24, 2.45) is 5.92 Å². The van der Waals surface area contributed by atoms with Crippen LogP contribution in [0, 0.1) is 12.8 Å². The van der Waals surface area contributed by atoms with Gasteiger partial charge in [-0.3, -0.25) is 4.79 Å². The molecule has 0 spiro atoms. The molecule has 1 N–H and O–H groups in total. The summed E-state index contributed by atoms with van der Waals surface area (Å²) in [7, 11) is 0. The number of ketones is 1. The van der Waals surface area contributed by atoms with Gasteiger partial charge in [-0.25, -0.2) is 0 Å². The Hall–Kier alpha value is -0.710. The fraction of sp³-hybridized carbons (Fsp3) is 0.583. The summed E-state index contributed by atoms with van der Waals surface area (Å²) in [5, 5.41) is 5.29. The number of hydrogen-bond acceptors (Lipinski definition) is 4. The van der Waals surface area contributed by atoms with Crippen molar-refractivity contribution in [2.75, 3.05) is 19.8 Å². The minimum Gasteiger partial charge on any atom is -0.379 e. The van der Waals surface area contributed by atoms with E-state index in [9.17, 15) is 4.79 Å². The van der Waals surface area contributed by atoms with E-state index in [2.05, 4.69) is 12.2 Å². The molecular formula is C12H17NO2S. The summed E-state index contributed by atoms with van der Waals surface area (Å²) in [4.78, 5) is 13.2. The normalized spacial score (nSPS) is 24.9. The van der Waals surface area contributed by atoms with E-state index in [0.29, 0.717) is 13.2 Å². The number of hydrogen-bond donors (Lipinski definition) is 1. The maximum atomic E-state index is 12.3.